The molecule has 29 heavy (non-hydrogen) atoms. The van der Waals surface area contributed by atoms with Gasteiger partial charge < -0.3 is 0 Å². The fraction of sp³-hybridized carbons (Fsp3) is 0.0952. The molecule has 0 aliphatic rings. The number of carbonyl (C=O) groups excluding carboxylic acids is 1. The van der Waals surface area contributed by atoms with Crippen LogP contribution in [0.3, 0.4) is 0 Å². The summed E-state index contributed by atoms with van der Waals surface area (Å²) in [6.07, 6.45) is 1.35. The molecule has 146 valence electrons. The molecule has 4 aromatic rings. The van der Waals surface area contributed by atoms with Crippen molar-refractivity contribution >= 4 is 50.8 Å². The maximum absolute atomic E-state index is 13.0. The van der Waals surface area contributed by atoms with Crippen molar-refractivity contribution in [1.29, 1.82) is 0 Å². The lowest BCUT2D eigenvalue weighted by molar-refractivity contribution is -0.116. The average Bonchev–Trinajstić information content (AvgIpc) is 3.17. The smallest absolute Gasteiger partial charge is 0.272 e. The summed E-state index contributed by atoms with van der Waals surface area (Å²) in [7, 11) is 0. The second-order valence-electron chi connectivity index (χ2n) is 6.31. The molecule has 1 N–H and O–H groups in total. The largest absolute Gasteiger partial charge is 0.281 e. The molecule has 0 fully saturated rings. The van der Waals surface area contributed by atoms with Crippen LogP contribution < -0.4 is 11.0 Å². The minimum atomic E-state index is -0.408. The van der Waals surface area contributed by atoms with Gasteiger partial charge in [0, 0.05) is 20.9 Å². The summed E-state index contributed by atoms with van der Waals surface area (Å²) in [6, 6.07) is 16.9. The number of nitrogens with zero attached hydrogens (tertiary/aromatic N) is 2. The predicted octanol–water partition coefficient (Wildman–Crippen LogP) is 5.03. The normalized spacial score (nSPS) is 12.1. The molecule has 4 rings (SSSR count). The first kappa shape index (κ1) is 19.7. The highest BCUT2D eigenvalue weighted by Crippen LogP contribution is 2.30. The summed E-state index contributed by atoms with van der Waals surface area (Å²) < 4.78 is 1.16. The van der Waals surface area contributed by atoms with Crippen molar-refractivity contribution in [3.8, 4) is 11.1 Å². The van der Waals surface area contributed by atoms with Crippen LogP contribution in [0, 0.1) is 0 Å². The van der Waals surface area contributed by atoms with Gasteiger partial charge in [-0.1, -0.05) is 41.9 Å². The molecule has 2 heterocycles. The molecule has 0 aliphatic heterocycles. The summed E-state index contributed by atoms with van der Waals surface area (Å²) in [5.41, 5.74) is 4.12. The maximum atomic E-state index is 13.0. The molecule has 0 bridgehead atoms. The Morgan fingerprint density at radius 2 is 1.90 bits per heavy atom. The van der Waals surface area contributed by atoms with Gasteiger partial charge in [0.15, 0.2) is 0 Å². The minimum Gasteiger partial charge on any atom is -0.272 e. The fourth-order valence-electron chi connectivity index (χ4n) is 2.82. The third-order valence-electron chi connectivity index (χ3n) is 4.31. The van der Waals surface area contributed by atoms with Crippen LogP contribution in [0.4, 0.5) is 0 Å². The second kappa shape index (κ2) is 8.41. The SMILES string of the molecule is CC(Sc1ccc(Cl)cc1)C(=O)Nn1cnc2scc(-c3ccccc3)c2c1=O. The number of fused-ring (bicyclic) bond motifs is 1. The zero-order valence-electron chi connectivity index (χ0n) is 15.3. The van der Waals surface area contributed by atoms with Crippen molar-refractivity contribution in [2.45, 2.75) is 17.1 Å². The van der Waals surface area contributed by atoms with Crippen LogP contribution in [0.1, 0.15) is 6.92 Å². The number of aromatic nitrogens is 2. The second-order valence-corrected chi connectivity index (χ2v) is 9.01. The molecule has 8 heteroatoms. The number of thiophene rings is 1. The molecule has 0 saturated heterocycles. The third-order valence-corrected chi connectivity index (χ3v) is 6.56. The number of benzene rings is 2. The third kappa shape index (κ3) is 4.22. The van der Waals surface area contributed by atoms with Crippen LogP contribution in [-0.2, 0) is 4.79 Å². The monoisotopic (exact) mass is 441 g/mol. The van der Waals surface area contributed by atoms with Gasteiger partial charge in [-0.3, -0.25) is 15.0 Å². The van der Waals surface area contributed by atoms with E-state index in [2.05, 4.69) is 10.4 Å². The van der Waals surface area contributed by atoms with E-state index in [4.69, 9.17) is 11.6 Å². The molecule has 0 spiro atoms. The summed E-state index contributed by atoms with van der Waals surface area (Å²) in [4.78, 5) is 31.6. The first-order valence-electron chi connectivity index (χ1n) is 8.80. The van der Waals surface area contributed by atoms with Gasteiger partial charge >= 0.3 is 0 Å². The van der Waals surface area contributed by atoms with Gasteiger partial charge in [0.05, 0.1) is 10.6 Å². The zero-order chi connectivity index (χ0) is 20.4. The molecular formula is C21H16ClN3O2S2. The zero-order valence-corrected chi connectivity index (χ0v) is 17.7. The van der Waals surface area contributed by atoms with Crippen molar-refractivity contribution < 1.29 is 4.79 Å². The Morgan fingerprint density at radius 3 is 2.62 bits per heavy atom. The molecule has 1 amide bonds. The molecule has 0 saturated carbocycles. The van der Waals surface area contributed by atoms with Crippen molar-refractivity contribution in [3.63, 3.8) is 0 Å². The number of rotatable bonds is 5. The van der Waals surface area contributed by atoms with Crippen LogP contribution in [0.25, 0.3) is 21.3 Å². The Morgan fingerprint density at radius 1 is 1.17 bits per heavy atom. The Hall–Kier alpha value is -2.61. The molecule has 2 aromatic heterocycles. The Bertz CT molecular complexity index is 1220. The van der Waals surface area contributed by atoms with E-state index in [0.717, 1.165) is 20.7 Å². The van der Waals surface area contributed by atoms with Crippen molar-refractivity contribution in [2.24, 2.45) is 0 Å². The van der Waals surface area contributed by atoms with Gasteiger partial charge in [-0.05, 0) is 36.8 Å². The van der Waals surface area contributed by atoms with Gasteiger partial charge in [0.25, 0.3) is 11.5 Å². The number of nitrogens with one attached hydrogen (secondary N) is 1. The van der Waals surface area contributed by atoms with E-state index >= 15 is 0 Å². The van der Waals surface area contributed by atoms with Crippen molar-refractivity contribution in [2.75, 3.05) is 5.43 Å². The van der Waals surface area contributed by atoms with E-state index in [-0.39, 0.29) is 11.5 Å². The molecule has 0 aliphatic carbocycles. The lowest BCUT2D eigenvalue weighted by Gasteiger charge is -2.13. The Balaban J connectivity index is 1.59. The number of halogens is 1. The lowest BCUT2D eigenvalue weighted by Crippen LogP contribution is -2.36. The van der Waals surface area contributed by atoms with Crippen LogP contribution >= 0.6 is 34.7 Å². The average molecular weight is 442 g/mol. The Labute approximate surface area is 180 Å². The summed E-state index contributed by atoms with van der Waals surface area (Å²) in [5, 5.41) is 2.65. The predicted molar refractivity (Wildman–Crippen MR) is 120 cm³/mol. The van der Waals surface area contributed by atoms with Crippen molar-refractivity contribution in [3.05, 3.63) is 81.7 Å². The van der Waals surface area contributed by atoms with Crippen LogP contribution in [0.15, 0.2) is 76.0 Å². The van der Waals surface area contributed by atoms with E-state index in [1.165, 1.54) is 29.4 Å². The van der Waals surface area contributed by atoms with Crippen LogP contribution in [-0.4, -0.2) is 20.8 Å². The topological polar surface area (TPSA) is 64.0 Å². The molecule has 5 nitrogen and oxygen atoms in total. The highest BCUT2D eigenvalue weighted by atomic mass is 35.5. The van der Waals surface area contributed by atoms with Gasteiger partial charge in [-0.25, -0.2) is 9.66 Å². The standard InChI is InChI=1S/C21H16ClN3O2S2/c1-13(29-16-9-7-15(22)8-10-16)19(26)24-25-12-23-20-18(21(25)27)17(11-28-20)14-5-3-2-4-6-14/h2-13H,1H3,(H,24,26). The van der Waals surface area contributed by atoms with Gasteiger partial charge in [0.1, 0.15) is 11.2 Å². The first-order valence-corrected chi connectivity index (χ1v) is 10.9. The number of carbonyl (C=O) groups is 1. The molecule has 1 unspecified atom stereocenters. The van der Waals surface area contributed by atoms with Gasteiger partial charge in [-0.2, -0.15) is 0 Å². The van der Waals surface area contributed by atoms with E-state index in [1.807, 2.05) is 47.8 Å². The highest BCUT2D eigenvalue weighted by Gasteiger charge is 2.18. The number of amides is 1. The number of hydrogen-bond acceptors (Lipinski definition) is 5. The number of thioether (sulfide) groups is 1. The molecule has 2 aromatic carbocycles. The maximum Gasteiger partial charge on any atom is 0.281 e. The molecular weight excluding hydrogens is 426 g/mol. The first-order chi connectivity index (χ1) is 14.0. The van der Waals surface area contributed by atoms with Crippen LogP contribution in [0.5, 0.6) is 0 Å². The quantitative estimate of drug-likeness (QED) is 0.441. The fourth-order valence-corrected chi connectivity index (χ4v) is 4.72. The lowest BCUT2D eigenvalue weighted by atomic mass is 10.1. The number of hydrogen-bond donors (Lipinski definition) is 1. The highest BCUT2D eigenvalue weighted by molar-refractivity contribution is 8.00. The molecule has 1 atom stereocenters. The van der Waals surface area contributed by atoms with E-state index in [1.54, 1.807) is 19.1 Å². The van der Waals surface area contributed by atoms with Gasteiger partial charge in [-0.15, -0.1) is 23.1 Å². The van der Waals surface area contributed by atoms with Crippen LogP contribution in [0.2, 0.25) is 5.02 Å². The Kier molecular flexibility index (Phi) is 5.71. The van der Waals surface area contributed by atoms with Crippen molar-refractivity contribution in [1.82, 2.24) is 9.66 Å². The van der Waals surface area contributed by atoms with E-state index in [9.17, 15) is 9.59 Å². The summed E-state index contributed by atoms with van der Waals surface area (Å²) >= 11 is 8.69. The minimum absolute atomic E-state index is 0.287. The molecule has 0 radical (unpaired) electrons. The van der Waals surface area contributed by atoms with Gasteiger partial charge in [0.2, 0.25) is 0 Å². The van der Waals surface area contributed by atoms with E-state index in [0.29, 0.717) is 15.2 Å². The summed E-state index contributed by atoms with van der Waals surface area (Å²) in [5.74, 6) is -0.287. The summed E-state index contributed by atoms with van der Waals surface area (Å²) in [6.45, 7) is 1.78. The van der Waals surface area contributed by atoms with E-state index < -0.39 is 5.25 Å².